The molecule has 5 heteroatoms. The van der Waals surface area contributed by atoms with Gasteiger partial charge in [-0.25, -0.2) is 4.98 Å². The van der Waals surface area contributed by atoms with Gasteiger partial charge in [0.1, 0.15) is 5.69 Å². The second-order valence-electron chi connectivity index (χ2n) is 2.90. The third-order valence-electron chi connectivity index (χ3n) is 1.90. The van der Waals surface area contributed by atoms with Crippen molar-refractivity contribution in [2.24, 2.45) is 0 Å². The molecule has 0 aliphatic rings. The lowest BCUT2D eigenvalue weighted by Gasteiger charge is -2.01. The maximum absolute atomic E-state index is 11.4. The molecule has 0 aliphatic heterocycles. The Kier molecular flexibility index (Phi) is 2.88. The van der Waals surface area contributed by atoms with Gasteiger partial charge in [-0.2, -0.15) is 0 Å². The topological polar surface area (TPSA) is 45.8 Å². The first-order valence-electron chi connectivity index (χ1n) is 4.17. The van der Waals surface area contributed by atoms with Crippen molar-refractivity contribution in [3.63, 3.8) is 0 Å². The highest BCUT2D eigenvalue weighted by molar-refractivity contribution is 9.10. The van der Waals surface area contributed by atoms with E-state index < -0.39 is 0 Å². The second kappa shape index (κ2) is 4.16. The Morgan fingerprint density at radius 3 is 2.87 bits per heavy atom. The summed E-state index contributed by atoms with van der Waals surface area (Å²) in [5.74, 6) is 0. The fourth-order valence-electron chi connectivity index (χ4n) is 1.20. The molecular formula is C10H6BrClN2O. The van der Waals surface area contributed by atoms with Crippen molar-refractivity contribution in [2.45, 2.75) is 0 Å². The number of benzene rings is 1. The number of hydrogen-bond donors (Lipinski definition) is 1. The summed E-state index contributed by atoms with van der Waals surface area (Å²) in [6.07, 6.45) is 3.03. The highest BCUT2D eigenvalue weighted by Gasteiger charge is 2.05. The molecule has 1 aromatic carbocycles. The molecule has 1 N–H and O–H groups in total. The smallest absolute Gasteiger partial charge is 0.274 e. The van der Waals surface area contributed by atoms with Crippen LogP contribution in [0.2, 0.25) is 5.02 Å². The van der Waals surface area contributed by atoms with Crippen molar-refractivity contribution in [3.8, 4) is 11.3 Å². The van der Waals surface area contributed by atoms with Crippen molar-refractivity contribution in [3.05, 3.63) is 50.4 Å². The molecule has 0 unspecified atom stereocenters. The molecule has 0 atom stereocenters. The van der Waals surface area contributed by atoms with E-state index in [1.54, 1.807) is 18.2 Å². The summed E-state index contributed by atoms with van der Waals surface area (Å²) in [4.78, 5) is 18.0. The third-order valence-corrected chi connectivity index (χ3v) is 3.13. The van der Waals surface area contributed by atoms with Crippen molar-refractivity contribution in [1.29, 1.82) is 0 Å². The van der Waals surface area contributed by atoms with Crippen LogP contribution in [0.5, 0.6) is 0 Å². The second-order valence-corrected chi connectivity index (χ2v) is 4.16. The van der Waals surface area contributed by atoms with Crippen molar-refractivity contribution in [2.75, 3.05) is 0 Å². The third kappa shape index (κ3) is 2.11. The maximum Gasteiger partial charge on any atom is 0.274 e. The van der Waals surface area contributed by atoms with Crippen LogP contribution in [-0.2, 0) is 0 Å². The Hall–Kier alpha value is -1.13. The number of rotatable bonds is 1. The summed E-state index contributed by atoms with van der Waals surface area (Å²) >= 11 is 9.21. The van der Waals surface area contributed by atoms with E-state index in [1.165, 1.54) is 12.4 Å². The minimum absolute atomic E-state index is 0.226. The molecule has 0 aliphatic carbocycles. The Bertz CT molecular complexity index is 553. The first-order chi connectivity index (χ1) is 7.18. The predicted octanol–water partition coefficient (Wildman–Crippen LogP) is 2.85. The number of nitrogens with zero attached hydrogens (tertiary/aromatic N) is 1. The summed E-state index contributed by atoms with van der Waals surface area (Å²) in [6, 6.07) is 5.27. The molecule has 0 spiro atoms. The quantitative estimate of drug-likeness (QED) is 0.876. The molecule has 15 heavy (non-hydrogen) atoms. The maximum atomic E-state index is 11.4. The summed E-state index contributed by atoms with van der Waals surface area (Å²) < 4.78 is 0.792. The van der Waals surface area contributed by atoms with Gasteiger partial charge >= 0.3 is 0 Å². The Labute approximate surface area is 99.3 Å². The summed E-state index contributed by atoms with van der Waals surface area (Å²) in [5.41, 5.74) is 0.841. The van der Waals surface area contributed by atoms with Gasteiger partial charge in [0.15, 0.2) is 0 Å². The number of H-pyrrole nitrogens is 1. The lowest BCUT2D eigenvalue weighted by atomic mass is 10.1. The molecule has 3 nitrogen and oxygen atoms in total. The first kappa shape index (κ1) is 10.4. The average Bonchev–Trinajstić information content (AvgIpc) is 2.23. The average molecular weight is 286 g/mol. The van der Waals surface area contributed by atoms with Crippen LogP contribution < -0.4 is 5.56 Å². The molecule has 1 aromatic heterocycles. The highest BCUT2D eigenvalue weighted by Crippen LogP contribution is 2.26. The van der Waals surface area contributed by atoms with Crippen LogP contribution in [0, 0.1) is 0 Å². The van der Waals surface area contributed by atoms with E-state index in [1.807, 2.05) is 0 Å². The van der Waals surface area contributed by atoms with Gasteiger partial charge in [0, 0.05) is 22.4 Å². The Morgan fingerprint density at radius 2 is 2.20 bits per heavy atom. The minimum atomic E-state index is -0.226. The molecule has 0 radical (unpaired) electrons. The van der Waals surface area contributed by atoms with E-state index in [0.29, 0.717) is 16.3 Å². The number of aromatic amines is 1. The van der Waals surface area contributed by atoms with E-state index in [2.05, 4.69) is 25.9 Å². The standard InChI is InChI=1S/C10H6BrClN2O/c11-7-2-1-6(5-8(7)12)9-10(15)14-4-3-13-9/h1-5H,(H,14,15). The zero-order valence-corrected chi connectivity index (χ0v) is 9.84. The Morgan fingerprint density at radius 1 is 1.40 bits per heavy atom. The van der Waals surface area contributed by atoms with E-state index in [4.69, 9.17) is 11.6 Å². The lowest BCUT2D eigenvalue weighted by molar-refractivity contribution is 1.14. The summed E-state index contributed by atoms with van der Waals surface area (Å²) in [6.45, 7) is 0. The monoisotopic (exact) mass is 284 g/mol. The number of nitrogens with one attached hydrogen (secondary N) is 1. The molecule has 76 valence electrons. The van der Waals surface area contributed by atoms with Gasteiger partial charge in [0.2, 0.25) is 0 Å². The van der Waals surface area contributed by atoms with Gasteiger partial charge in [-0.1, -0.05) is 17.7 Å². The molecule has 0 saturated heterocycles. The van der Waals surface area contributed by atoms with Crippen LogP contribution >= 0.6 is 27.5 Å². The van der Waals surface area contributed by atoms with E-state index in [-0.39, 0.29) is 5.56 Å². The largest absolute Gasteiger partial charge is 0.326 e. The van der Waals surface area contributed by atoms with Crippen LogP contribution in [0.25, 0.3) is 11.3 Å². The van der Waals surface area contributed by atoms with Crippen molar-refractivity contribution in [1.82, 2.24) is 9.97 Å². The first-order valence-corrected chi connectivity index (χ1v) is 5.34. The molecule has 0 saturated carbocycles. The van der Waals surface area contributed by atoms with Crippen LogP contribution in [0.4, 0.5) is 0 Å². The van der Waals surface area contributed by atoms with Gasteiger partial charge in [-0.3, -0.25) is 4.79 Å². The fraction of sp³-hybridized carbons (Fsp3) is 0. The number of halogens is 2. The molecule has 0 fully saturated rings. The van der Waals surface area contributed by atoms with Crippen molar-refractivity contribution >= 4 is 27.5 Å². The van der Waals surface area contributed by atoms with Crippen LogP contribution in [0.1, 0.15) is 0 Å². The molecule has 0 amide bonds. The van der Waals surface area contributed by atoms with E-state index in [9.17, 15) is 4.79 Å². The molecule has 1 heterocycles. The van der Waals surface area contributed by atoms with Gasteiger partial charge in [-0.05, 0) is 28.1 Å². The van der Waals surface area contributed by atoms with Gasteiger partial charge in [0.05, 0.1) is 5.02 Å². The zero-order valence-electron chi connectivity index (χ0n) is 7.50. The van der Waals surface area contributed by atoms with Crippen LogP contribution in [-0.4, -0.2) is 9.97 Å². The zero-order chi connectivity index (χ0) is 10.8. The number of hydrogen-bond acceptors (Lipinski definition) is 2. The van der Waals surface area contributed by atoms with Crippen LogP contribution in [0.3, 0.4) is 0 Å². The van der Waals surface area contributed by atoms with Gasteiger partial charge in [-0.15, -0.1) is 0 Å². The summed E-state index contributed by atoms with van der Waals surface area (Å²) in [5, 5.41) is 0.553. The highest BCUT2D eigenvalue weighted by atomic mass is 79.9. The SMILES string of the molecule is O=c1[nH]ccnc1-c1ccc(Br)c(Cl)c1. The summed E-state index contributed by atoms with van der Waals surface area (Å²) in [7, 11) is 0. The Balaban J connectivity index is 2.60. The molecular weight excluding hydrogens is 279 g/mol. The van der Waals surface area contributed by atoms with E-state index >= 15 is 0 Å². The number of aromatic nitrogens is 2. The molecule has 2 aromatic rings. The van der Waals surface area contributed by atoms with Gasteiger partial charge < -0.3 is 4.98 Å². The van der Waals surface area contributed by atoms with E-state index in [0.717, 1.165) is 4.47 Å². The molecule has 2 rings (SSSR count). The van der Waals surface area contributed by atoms with Crippen molar-refractivity contribution < 1.29 is 0 Å². The lowest BCUT2D eigenvalue weighted by Crippen LogP contribution is -2.09. The molecule has 0 bridgehead atoms. The normalized spacial score (nSPS) is 10.3. The predicted molar refractivity (Wildman–Crippen MR) is 63.0 cm³/mol. The van der Waals surface area contributed by atoms with Gasteiger partial charge in [0.25, 0.3) is 5.56 Å². The van der Waals surface area contributed by atoms with Crippen LogP contribution in [0.15, 0.2) is 39.9 Å². The fourth-order valence-corrected chi connectivity index (χ4v) is 1.63. The minimum Gasteiger partial charge on any atom is -0.326 e.